The molecule has 0 saturated carbocycles. The minimum absolute atomic E-state index is 0.00227. The molecule has 4 rings (SSSR count). The summed E-state index contributed by atoms with van der Waals surface area (Å²) >= 11 is 0. The Kier molecular flexibility index (Phi) is 5.57. The van der Waals surface area contributed by atoms with E-state index in [0.717, 1.165) is 17.5 Å². The molecule has 0 aliphatic carbocycles. The van der Waals surface area contributed by atoms with Crippen molar-refractivity contribution in [3.8, 4) is 0 Å². The second-order valence-electron chi connectivity index (χ2n) is 8.29. The molecule has 0 spiro atoms. The highest BCUT2D eigenvalue weighted by molar-refractivity contribution is 7.91. The van der Waals surface area contributed by atoms with Crippen molar-refractivity contribution in [2.24, 2.45) is 0 Å². The zero-order valence-electron chi connectivity index (χ0n) is 18.7. The summed E-state index contributed by atoms with van der Waals surface area (Å²) in [4.78, 5) is 37.7. The van der Waals surface area contributed by atoms with E-state index in [0.29, 0.717) is 5.56 Å². The molecule has 170 valence electrons. The monoisotopic (exact) mass is 465 g/mol. The average Bonchev–Trinajstić information content (AvgIpc) is 3.09. The predicted octanol–water partition coefficient (Wildman–Crippen LogP) is 4.10. The molecule has 1 aromatic heterocycles. The van der Waals surface area contributed by atoms with Gasteiger partial charge < -0.3 is 9.30 Å². The van der Waals surface area contributed by atoms with Gasteiger partial charge in [-0.05, 0) is 64.1 Å². The van der Waals surface area contributed by atoms with E-state index in [1.165, 1.54) is 30.3 Å². The summed E-state index contributed by atoms with van der Waals surface area (Å²) in [6, 6.07) is 11.7. The number of Topliss-reactive ketones (excluding diaryl/α,β-unsaturated/α-hetero) is 1. The molecule has 0 fully saturated rings. The van der Waals surface area contributed by atoms with E-state index in [1.807, 2.05) is 32.3 Å². The zero-order valence-corrected chi connectivity index (χ0v) is 19.5. The number of rotatable bonds is 5. The molecule has 0 bridgehead atoms. The first kappa shape index (κ1) is 22.7. The van der Waals surface area contributed by atoms with Crippen LogP contribution in [0.3, 0.4) is 0 Å². The Labute approximate surface area is 191 Å². The number of benzene rings is 2. The highest BCUT2D eigenvalue weighted by atomic mass is 32.2. The molecule has 2 aromatic carbocycles. The third-order valence-electron chi connectivity index (χ3n) is 5.81. The van der Waals surface area contributed by atoms with Gasteiger partial charge in [-0.3, -0.25) is 9.59 Å². The molecule has 0 saturated heterocycles. The van der Waals surface area contributed by atoms with Crippen molar-refractivity contribution in [1.29, 1.82) is 0 Å². The van der Waals surface area contributed by atoms with E-state index in [-0.39, 0.29) is 38.3 Å². The molecular formula is C25H23NO6S. The molecule has 1 aliphatic heterocycles. The van der Waals surface area contributed by atoms with E-state index in [4.69, 9.17) is 4.74 Å². The van der Waals surface area contributed by atoms with Crippen LogP contribution in [-0.4, -0.2) is 37.1 Å². The van der Waals surface area contributed by atoms with Gasteiger partial charge in [0.05, 0.1) is 15.4 Å². The van der Waals surface area contributed by atoms with Gasteiger partial charge in [0, 0.05) is 34.1 Å². The predicted molar refractivity (Wildman–Crippen MR) is 121 cm³/mol. The lowest BCUT2D eigenvalue weighted by Crippen LogP contribution is -2.21. The van der Waals surface area contributed by atoms with E-state index < -0.39 is 28.2 Å². The minimum atomic E-state index is -3.98. The lowest BCUT2D eigenvalue weighted by atomic mass is 10.0. The summed E-state index contributed by atoms with van der Waals surface area (Å²) in [6.45, 7) is 7.30. The van der Waals surface area contributed by atoms with Crippen LogP contribution >= 0.6 is 0 Å². The topological polar surface area (TPSA) is 99.5 Å². The summed E-state index contributed by atoms with van der Waals surface area (Å²) in [5.74, 6) is -1.62. The van der Waals surface area contributed by atoms with Crippen LogP contribution in [0.25, 0.3) is 0 Å². The molecule has 8 heteroatoms. The first-order chi connectivity index (χ1) is 15.5. The summed E-state index contributed by atoms with van der Waals surface area (Å²) in [5.41, 5.74) is 2.25. The number of ether oxygens (including phenoxy) is 1. The first-order valence-corrected chi connectivity index (χ1v) is 11.9. The van der Waals surface area contributed by atoms with Gasteiger partial charge in [-0.15, -0.1) is 0 Å². The maximum absolute atomic E-state index is 13.0. The van der Waals surface area contributed by atoms with Gasteiger partial charge in [0.1, 0.15) is 0 Å². The molecular weight excluding hydrogens is 442 g/mol. The second kappa shape index (κ2) is 8.12. The number of ketones is 2. The largest absolute Gasteiger partial charge is 0.454 e. The van der Waals surface area contributed by atoms with Gasteiger partial charge in [0.25, 0.3) is 0 Å². The minimum Gasteiger partial charge on any atom is -0.454 e. The van der Waals surface area contributed by atoms with Gasteiger partial charge in [-0.1, -0.05) is 12.1 Å². The molecule has 0 unspecified atom stereocenters. The number of hydrogen-bond donors (Lipinski definition) is 0. The van der Waals surface area contributed by atoms with Crippen molar-refractivity contribution in [2.45, 2.75) is 43.5 Å². The lowest BCUT2D eigenvalue weighted by molar-refractivity contribution is 0.0474. The fourth-order valence-electron chi connectivity index (χ4n) is 4.36. The summed E-state index contributed by atoms with van der Waals surface area (Å²) in [7, 11) is -3.98. The molecule has 1 aliphatic rings. The Morgan fingerprint density at radius 1 is 0.970 bits per heavy atom. The van der Waals surface area contributed by atoms with Crippen molar-refractivity contribution in [2.75, 3.05) is 6.61 Å². The number of fused-ring (bicyclic) bond motifs is 2. The standard InChI is InChI=1S/C25H23NO6S/c1-14(2)26-15(3)11-20(16(26)4)21(27)13-32-25(29)17-9-10-19-23(12-17)33(30,31)22-8-6-5-7-18(22)24(19)28/h5-12,14H,13H2,1-4H3. The Bertz CT molecular complexity index is 1430. The van der Waals surface area contributed by atoms with E-state index in [1.54, 1.807) is 12.1 Å². The van der Waals surface area contributed by atoms with Gasteiger partial charge in [-0.2, -0.15) is 0 Å². The zero-order chi connectivity index (χ0) is 24.1. The maximum atomic E-state index is 13.0. The van der Waals surface area contributed by atoms with E-state index in [2.05, 4.69) is 0 Å². The normalized spacial score (nSPS) is 14.0. The summed E-state index contributed by atoms with van der Waals surface area (Å²) in [6.07, 6.45) is 0. The number of aromatic nitrogens is 1. The van der Waals surface area contributed by atoms with Crippen LogP contribution < -0.4 is 0 Å². The number of carbonyl (C=O) groups excluding carboxylic acids is 3. The van der Waals surface area contributed by atoms with Crippen molar-refractivity contribution in [1.82, 2.24) is 4.57 Å². The number of sulfone groups is 1. The SMILES string of the molecule is Cc1cc(C(=O)COC(=O)c2ccc3c(c2)S(=O)(=O)c2ccccc2C3=O)c(C)n1C(C)C. The fourth-order valence-corrected chi connectivity index (χ4v) is 6.03. The molecule has 0 N–H and O–H groups in total. The molecule has 7 nitrogen and oxygen atoms in total. The van der Waals surface area contributed by atoms with Crippen LogP contribution in [0.1, 0.15) is 67.9 Å². The number of aryl methyl sites for hydroxylation is 1. The lowest BCUT2D eigenvalue weighted by Gasteiger charge is -2.19. The van der Waals surface area contributed by atoms with Gasteiger partial charge in [0.2, 0.25) is 15.6 Å². The van der Waals surface area contributed by atoms with Crippen LogP contribution in [0.4, 0.5) is 0 Å². The molecule has 0 atom stereocenters. The van der Waals surface area contributed by atoms with Gasteiger partial charge in [-0.25, -0.2) is 13.2 Å². The van der Waals surface area contributed by atoms with E-state index in [9.17, 15) is 22.8 Å². The molecule has 2 heterocycles. The number of nitrogens with zero attached hydrogens (tertiary/aromatic N) is 1. The van der Waals surface area contributed by atoms with Gasteiger partial charge >= 0.3 is 5.97 Å². The highest BCUT2D eigenvalue weighted by Crippen LogP contribution is 2.34. The van der Waals surface area contributed by atoms with Crippen molar-refractivity contribution in [3.63, 3.8) is 0 Å². The van der Waals surface area contributed by atoms with Crippen molar-refractivity contribution >= 4 is 27.4 Å². The maximum Gasteiger partial charge on any atom is 0.338 e. The first-order valence-electron chi connectivity index (χ1n) is 10.5. The van der Waals surface area contributed by atoms with Crippen molar-refractivity contribution in [3.05, 3.63) is 82.2 Å². The van der Waals surface area contributed by atoms with Crippen LogP contribution in [0.2, 0.25) is 0 Å². The van der Waals surface area contributed by atoms with Crippen molar-refractivity contribution < 1.29 is 27.5 Å². The molecule has 0 amide bonds. The quantitative estimate of drug-likeness (QED) is 0.325. The second-order valence-corrected chi connectivity index (χ2v) is 10.2. The third-order valence-corrected chi connectivity index (χ3v) is 7.66. The molecule has 0 radical (unpaired) electrons. The highest BCUT2D eigenvalue weighted by Gasteiger charge is 2.35. The third kappa shape index (κ3) is 3.70. The van der Waals surface area contributed by atoms with Crippen LogP contribution in [0, 0.1) is 13.8 Å². The number of carbonyl (C=O) groups is 3. The Balaban J connectivity index is 1.58. The van der Waals surface area contributed by atoms with Crippen LogP contribution in [0.15, 0.2) is 58.3 Å². The van der Waals surface area contributed by atoms with Crippen LogP contribution in [-0.2, 0) is 14.6 Å². The summed E-state index contributed by atoms with van der Waals surface area (Å²) < 4.78 is 33.3. The van der Waals surface area contributed by atoms with E-state index >= 15 is 0 Å². The smallest absolute Gasteiger partial charge is 0.338 e. The molecule has 33 heavy (non-hydrogen) atoms. The fraction of sp³-hybridized carbons (Fsp3) is 0.240. The molecule has 3 aromatic rings. The van der Waals surface area contributed by atoms with Gasteiger partial charge in [0.15, 0.2) is 12.4 Å². The Morgan fingerprint density at radius 3 is 2.30 bits per heavy atom. The van der Waals surface area contributed by atoms with Crippen LogP contribution in [0.5, 0.6) is 0 Å². The summed E-state index contributed by atoms with van der Waals surface area (Å²) in [5, 5.41) is 0. The average molecular weight is 466 g/mol. The Hall–Kier alpha value is -3.52. The Morgan fingerprint density at radius 2 is 1.64 bits per heavy atom. The number of hydrogen-bond acceptors (Lipinski definition) is 6. The number of esters is 1.